The third kappa shape index (κ3) is 4.81. The Morgan fingerprint density at radius 2 is 1.84 bits per heavy atom. The summed E-state index contributed by atoms with van der Waals surface area (Å²) in [6.07, 6.45) is 0. The molecule has 3 aromatic rings. The van der Waals surface area contributed by atoms with Crippen molar-refractivity contribution in [1.82, 2.24) is 19.9 Å². The Morgan fingerprint density at radius 1 is 1.19 bits per heavy atom. The first-order valence-corrected chi connectivity index (χ1v) is 9.61. The Bertz CT molecular complexity index is 1160. The molecule has 0 bridgehead atoms. The fourth-order valence-corrected chi connectivity index (χ4v) is 3.27. The summed E-state index contributed by atoms with van der Waals surface area (Å²) < 4.78 is 1.32. The molecule has 0 radical (unpaired) electrons. The van der Waals surface area contributed by atoms with E-state index in [1.54, 1.807) is 31.2 Å². The Balaban J connectivity index is 1.75. The number of aromatic nitrogens is 3. The van der Waals surface area contributed by atoms with Crippen molar-refractivity contribution in [3.05, 3.63) is 74.0 Å². The molecule has 12 heteroatoms. The summed E-state index contributed by atoms with van der Waals surface area (Å²) >= 11 is 12.1. The lowest BCUT2D eigenvalue weighted by Crippen LogP contribution is -2.35. The van der Waals surface area contributed by atoms with Crippen LogP contribution in [0.4, 0.5) is 11.4 Å². The highest BCUT2D eigenvalue weighted by Gasteiger charge is 2.23. The molecule has 1 aromatic heterocycles. The smallest absolute Gasteiger partial charge is 0.276 e. The highest BCUT2D eigenvalue weighted by molar-refractivity contribution is 6.39. The standard InChI is InChI=1S/C19H16Cl2N6O4/c1-11-17(23-24-26(11)12-5-3-6-13(9-12)27(30)31)19(29)25(2)10-16(28)22-18-14(20)7-4-8-15(18)21/h3-9H,10H2,1-2H3,(H,22,28). The van der Waals surface area contributed by atoms with Crippen molar-refractivity contribution in [3.63, 3.8) is 0 Å². The number of halogens is 2. The van der Waals surface area contributed by atoms with E-state index in [2.05, 4.69) is 15.6 Å². The number of rotatable bonds is 6. The third-order valence-corrected chi connectivity index (χ3v) is 4.97. The summed E-state index contributed by atoms with van der Waals surface area (Å²) in [5.41, 5.74) is 0.897. The van der Waals surface area contributed by atoms with Crippen LogP contribution in [0.25, 0.3) is 5.69 Å². The van der Waals surface area contributed by atoms with Gasteiger partial charge in [0.25, 0.3) is 11.6 Å². The average Bonchev–Trinajstić information content (AvgIpc) is 3.11. The van der Waals surface area contributed by atoms with Crippen LogP contribution in [-0.4, -0.2) is 50.2 Å². The molecule has 160 valence electrons. The zero-order valence-corrected chi connectivity index (χ0v) is 17.9. The van der Waals surface area contributed by atoms with Gasteiger partial charge in [0, 0.05) is 19.2 Å². The molecule has 1 heterocycles. The second-order valence-corrected chi connectivity index (χ2v) is 7.33. The SMILES string of the molecule is Cc1c(C(=O)N(C)CC(=O)Nc2c(Cl)cccc2Cl)nnn1-c1cccc([N+](=O)[O-])c1. The summed E-state index contributed by atoms with van der Waals surface area (Å²) in [7, 11) is 1.43. The molecule has 0 aliphatic carbocycles. The van der Waals surface area contributed by atoms with Crippen molar-refractivity contribution < 1.29 is 14.5 Å². The van der Waals surface area contributed by atoms with Crippen molar-refractivity contribution in [2.45, 2.75) is 6.92 Å². The van der Waals surface area contributed by atoms with Gasteiger partial charge in [-0.2, -0.15) is 0 Å². The molecule has 10 nitrogen and oxygen atoms in total. The second-order valence-electron chi connectivity index (χ2n) is 6.52. The summed E-state index contributed by atoms with van der Waals surface area (Å²) in [6.45, 7) is 1.31. The highest BCUT2D eigenvalue weighted by Crippen LogP contribution is 2.29. The van der Waals surface area contributed by atoms with E-state index in [1.165, 1.54) is 29.9 Å². The molecule has 2 amide bonds. The topological polar surface area (TPSA) is 123 Å². The number of para-hydroxylation sites is 1. The van der Waals surface area contributed by atoms with Crippen LogP contribution in [0.2, 0.25) is 10.0 Å². The largest absolute Gasteiger partial charge is 0.331 e. The van der Waals surface area contributed by atoms with Crippen LogP contribution in [0, 0.1) is 17.0 Å². The molecule has 0 unspecified atom stereocenters. The number of nitro groups is 1. The van der Waals surface area contributed by atoms with Crippen LogP contribution in [0.3, 0.4) is 0 Å². The molecule has 0 spiro atoms. The van der Waals surface area contributed by atoms with Gasteiger partial charge in [0.15, 0.2) is 5.69 Å². The van der Waals surface area contributed by atoms with Crippen molar-refractivity contribution in [1.29, 1.82) is 0 Å². The monoisotopic (exact) mass is 462 g/mol. The van der Waals surface area contributed by atoms with Crippen LogP contribution < -0.4 is 5.32 Å². The average molecular weight is 463 g/mol. The molecule has 0 saturated heterocycles. The third-order valence-electron chi connectivity index (χ3n) is 4.34. The van der Waals surface area contributed by atoms with E-state index >= 15 is 0 Å². The van der Waals surface area contributed by atoms with Crippen LogP contribution in [0.1, 0.15) is 16.2 Å². The maximum atomic E-state index is 12.8. The summed E-state index contributed by atoms with van der Waals surface area (Å²) in [4.78, 5) is 36.8. The van der Waals surface area contributed by atoms with Gasteiger partial charge < -0.3 is 10.2 Å². The van der Waals surface area contributed by atoms with E-state index < -0.39 is 16.7 Å². The van der Waals surface area contributed by atoms with E-state index in [0.29, 0.717) is 11.4 Å². The van der Waals surface area contributed by atoms with E-state index in [9.17, 15) is 19.7 Å². The number of hydrogen-bond acceptors (Lipinski definition) is 6. The summed E-state index contributed by atoms with van der Waals surface area (Å²) in [6, 6.07) is 10.6. The lowest BCUT2D eigenvalue weighted by Gasteiger charge is -2.16. The van der Waals surface area contributed by atoms with Gasteiger partial charge in [0.05, 0.1) is 38.6 Å². The number of nitro benzene ring substituents is 1. The number of carbonyl (C=O) groups is 2. The second kappa shape index (κ2) is 9.11. The molecule has 0 atom stereocenters. The maximum absolute atomic E-state index is 12.8. The maximum Gasteiger partial charge on any atom is 0.276 e. The zero-order valence-electron chi connectivity index (χ0n) is 16.4. The van der Waals surface area contributed by atoms with Gasteiger partial charge in [-0.05, 0) is 25.1 Å². The zero-order chi connectivity index (χ0) is 22.7. The fraction of sp³-hybridized carbons (Fsp3) is 0.158. The number of anilines is 1. The molecule has 0 aliphatic rings. The number of carbonyl (C=O) groups excluding carboxylic acids is 2. The Morgan fingerprint density at radius 3 is 2.48 bits per heavy atom. The number of amides is 2. The minimum atomic E-state index is -0.547. The first-order chi connectivity index (χ1) is 14.7. The predicted molar refractivity (Wildman–Crippen MR) is 115 cm³/mol. The van der Waals surface area contributed by atoms with Gasteiger partial charge in [-0.25, -0.2) is 4.68 Å². The molecule has 31 heavy (non-hydrogen) atoms. The Labute approximate surface area is 186 Å². The fourth-order valence-electron chi connectivity index (χ4n) is 2.77. The van der Waals surface area contributed by atoms with Gasteiger partial charge in [-0.1, -0.05) is 40.5 Å². The molecule has 0 fully saturated rings. The van der Waals surface area contributed by atoms with Crippen LogP contribution >= 0.6 is 23.2 Å². The molecular formula is C19H16Cl2N6O4. The quantitative estimate of drug-likeness (QED) is 0.441. The number of nitrogens with zero attached hydrogens (tertiary/aromatic N) is 5. The van der Waals surface area contributed by atoms with E-state index in [4.69, 9.17) is 23.2 Å². The van der Waals surface area contributed by atoms with Crippen LogP contribution in [-0.2, 0) is 4.79 Å². The lowest BCUT2D eigenvalue weighted by atomic mass is 10.2. The van der Waals surface area contributed by atoms with Crippen molar-refractivity contribution in [2.75, 3.05) is 18.9 Å². The summed E-state index contributed by atoms with van der Waals surface area (Å²) in [5, 5.41) is 21.9. The first-order valence-electron chi connectivity index (χ1n) is 8.85. The predicted octanol–water partition coefficient (Wildman–Crippen LogP) is 3.50. The molecule has 2 aromatic carbocycles. The van der Waals surface area contributed by atoms with Crippen molar-refractivity contribution in [2.24, 2.45) is 0 Å². The van der Waals surface area contributed by atoms with Gasteiger partial charge >= 0.3 is 0 Å². The van der Waals surface area contributed by atoms with Gasteiger partial charge in [-0.15, -0.1) is 5.10 Å². The van der Waals surface area contributed by atoms with Crippen LogP contribution in [0.5, 0.6) is 0 Å². The van der Waals surface area contributed by atoms with Gasteiger partial charge in [0.1, 0.15) is 0 Å². The lowest BCUT2D eigenvalue weighted by molar-refractivity contribution is -0.384. The van der Waals surface area contributed by atoms with Gasteiger partial charge in [0.2, 0.25) is 5.91 Å². The highest BCUT2D eigenvalue weighted by atomic mass is 35.5. The van der Waals surface area contributed by atoms with E-state index in [-0.39, 0.29) is 33.7 Å². The van der Waals surface area contributed by atoms with Crippen molar-refractivity contribution in [3.8, 4) is 5.69 Å². The van der Waals surface area contributed by atoms with Crippen molar-refractivity contribution >= 4 is 46.4 Å². The first kappa shape index (κ1) is 22.2. The molecule has 0 aliphatic heterocycles. The number of non-ortho nitro benzene ring substituents is 1. The van der Waals surface area contributed by atoms with Crippen LogP contribution in [0.15, 0.2) is 42.5 Å². The van der Waals surface area contributed by atoms with E-state index in [1.807, 2.05) is 0 Å². The minimum absolute atomic E-state index is 0.0117. The normalized spacial score (nSPS) is 10.6. The molecule has 0 saturated carbocycles. The molecule has 1 N–H and O–H groups in total. The molecular weight excluding hydrogens is 447 g/mol. The number of likely N-dealkylation sites (N-methyl/N-ethyl adjacent to an activating group) is 1. The molecule has 3 rings (SSSR count). The summed E-state index contributed by atoms with van der Waals surface area (Å²) in [5.74, 6) is -1.05. The number of benzene rings is 2. The van der Waals surface area contributed by atoms with Gasteiger partial charge in [-0.3, -0.25) is 19.7 Å². The van der Waals surface area contributed by atoms with E-state index in [0.717, 1.165) is 4.90 Å². The number of nitrogens with one attached hydrogen (secondary N) is 1. The minimum Gasteiger partial charge on any atom is -0.331 e. The Hall–Kier alpha value is -3.50. The number of hydrogen-bond donors (Lipinski definition) is 1. The Kier molecular flexibility index (Phi) is 6.52.